The van der Waals surface area contributed by atoms with Gasteiger partial charge in [-0.05, 0) is 52.6 Å². The van der Waals surface area contributed by atoms with Gasteiger partial charge in [0.1, 0.15) is 10.7 Å². The fraction of sp³-hybridized carbons (Fsp3) is 0.0526. The highest BCUT2D eigenvalue weighted by Gasteiger charge is 2.26. The van der Waals surface area contributed by atoms with Crippen LogP contribution >= 0.6 is 39.1 Å². The van der Waals surface area contributed by atoms with Crippen molar-refractivity contribution < 1.29 is 9.90 Å². The molecule has 0 radical (unpaired) electrons. The zero-order valence-corrected chi connectivity index (χ0v) is 17.6. The van der Waals surface area contributed by atoms with Crippen LogP contribution in [0.25, 0.3) is 27.8 Å². The van der Waals surface area contributed by atoms with Gasteiger partial charge in [0.15, 0.2) is 11.5 Å². The van der Waals surface area contributed by atoms with E-state index in [1.54, 1.807) is 24.3 Å². The van der Waals surface area contributed by atoms with E-state index in [2.05, 4.69) is 30.4 Å². The molecular weight excluding hydrogens is 464 g/mol. The minimum Gasteiger partial charge on any atom is -0.476 e. The second-order valence-corrected chi connectivity index (χ2v) is 7.92. The quantitative estimate of drug-likeness (QED) is 0.423. The zero-order valence-electron chi connectivity index (χ0n) is 14.4. The maximum absolute atomic E-state index is 11.6. The van der Waals surface area contributed by atoms with E-state index in [1.165, 1.54) is 16.2 Å². The highest BCUT2D eigenvalue weighted by molar-refractivity contribution is 9.10. The van der Waals surface area contributed by atoms with Gasteiger partial charge < -0.3 is 5.11 Å². The van der Waals surface area contributed by atoms with Crippen molar-refractivity contribution in [2.45, 2.75) is 6.92 Å². The lowest BCUT2D eigenvalue weighted by Gasteiger charge is -2.07. The predicted molar refractivity (Wildman–Crippen MR) is 112 cm³/mol. The first-order chi connectivity index (χ1) is 13.5. The molecule has 0 bridgehead atoms. The number of aromatic carboxylic acids is 1. The van der Waals surface area contributed by atoms with E-state index in [1.807, 2.05) is 31.2 Å². The van der Waals surface area contributed by atoms with Crippen molar-refractivity contribution in [1.82, 2.24) is 19.1 Å². The number of carboxylic acids is 1. The molecule has 9 heteroatoms. The number of carboxylic acid groups (broad SMARTS) is 1. The topological polar surface area (TPSA) is 80.9 Å². The normalized spacial score (nSPS) is 11.0. The number of rotatable bonds is 4. The van der Waals surface area contributed by atoms with Gasteiger partial charge in [-0.25, -0.2) is 14.5 Å². The van der Waals surface area contributed by atoms with Crippen LogP contribution in [-0.4, -0.2) is 30.2 Å². The summed E-state index contributed by atoms with van der Waals surface area (Å²) in [7, 11) is 0. The lowest BCUT2D eigenvalue weighted by Crippen LogP contribution is -2.03. The number of hydrogen-bond acceptors (Lipinski definition) is 5. The van der Waals surface area contributed by atoms with E-state index in [0.29, 0.717) is 26.7 Å². The highest BCUT2D eigenvalue weighted by Crippen LogP contribution is 2.35. The van der Waals surface area contributed by atoms with Gasteiger partial charge in [-0.15, -0.1) is 0 Å². The Labute approximate surface area is 177 Å². The van der Waals surface area contributed by atoms with Crippen LogP contribution in [0.2, 0.25) is 5.02 Å². The average Bonchev–Trinajstić information content (AvgIpc) is 3.27. The molecule has 0 unspecified atom stereocenters. The Morgan fingerprint density at radius 1 is 1.21 bits per heavy atom. The van der Waals surface area contributed by atoms with Crippen LogP contribution in [0.4, 0.5) is 0 Å². The maximum Gasteiger partial charge on any atom is 0.357 e. The molecule has 2 heterocycles. The first kappa shape index (κ1) is 18.8. The molecule has 28 heavy (non-hydrogen) atoms. The fourth-order valence-electron chi connectivity index (χ4n) is 2.74. The Hall–Kier alpha value is -2.55. The molecule has 0 spiro atoms. The second-order valence-electron chi connectivity index (χ2n) is 5.97. The number of halogens is 2. The zero-order chi connectivity index (χ0) is 19.8. The van der Waals surface area contributed by atoms with Gasteiger partial charge in [0.2, 0.25) is 0 Å². The summed E-state index contributed by atoms with van der Waals surface area (Å²) in [6.45, 7) is 2.01. The first-order valence-electron chi connectivity index (χ1n) is 8.13. The monoisotopic (exact) mass is 474 g/mol. The standard InChI is InChI=1S/C19H12BrClN4O2S/c1-10-5-4-6-11(9-10)18-22-17(24-28-18)16-14(20)15(19(26)27)23-25(16)13-8-3-2-7-12(13)21/h2-9H,1H3,(H,26,27). The van der Waals surface area contributed by atoms with E-state index in [9.17, 15) is 9.90 Å². The van der Waals surface area contributed by atoms with E-state index in [0.717, 1.165) is 16.1 Å². The summed E-state index contributed by atoms with van der Waals surface area (Å²) in [6.07, 6.45) is 0. The van der Waals surface area contributed by atoms with E-state index in [-0.39, 0.29) is 5.69 Å². The van der Waals surface area contributed by atoms with Crippen LogP contribution in [0.15, 0.2) is 53.0 Å². The SMILES string of the molecule is Cc1cccc(-c2nc(-c3c(Br)c(C(=O)O)nn3-c3ccccc3Cl)ns2)c1. The summed E-state index contributed by atoms with van der Waals surface area (Å²) in [6, 6.07) is 15.0. The van der Waals surface area contributed by atoms with Gasteiger partial charge in [-0.1, -0.05) is 47.5 Å². The Balaban J connectivity index is 1.91. The molecule has 0 fully saturated rings. The lowest BCUT2D eigenvalue weighted by molar-refractivity contribution is 0.0689. The minimum absolute atomic E-state index is 0.137. The number of benzene rings is 2. The number of carbonyl (C=O) groups is 1. The molecule has 2 aromatic heterocycles. The maximum atomic E-state index is 11.6. The van der Waals surface area contributed by atoms with Crippen molar-refractivity contribution in [2.75, 3.05) is 0 Å². The highest BCUT2D eigenvalue weighted by atomic mass is 79.9. The van der Waals surface area contributed by atoms with Crippen LogP contribution in [0, 0.1) is 6.92 Å². The largest absolute Gasteiger partial charge is 0.476 e. The van der Waals surface area contributed by atoms with Gasteiger partial charge >= 0.3 is 5.97 Å². The second kappa shape index (κ2) is 7.46. The molecule has 4 rings (SSSR count). The molecule has 2 aromatic carbocycles. The van der Waals surface area contributed by atoms with Crippen LogP contribution in [-0.2, 0) is 0 Å². The Kier molecular flexibility index (Phi) is 5.01. The van der Waals surface area contributed by atoms with Gasteiger partial charge in [-0.3, -0.25) is 0 Å². The van der Waals surface area contributed by atoms with Crippen molar-refractivity contribution in [1.29, 1.82) is 0 Å². The molecule has 0 saturated heterocycles. The van der Waals surface area contributed by atoms with Gasteiger partial charge in [-0.2, -0.15) is 9.47 Å². The average molecular weight is 476 g/mol. The molecule has 0 aliphatic heterocycles. The molecule has 4 aromatic rings. The number of nitrogens with zero attached hydrogens (tertiary/aromatic N) is 4. The van der Waals surface area contributed by atoms with Crippen molar-refractivity contribution in [3.8, 4) is 27.8 Å². The van der Waals surface area contributed by atoms with Crippen LogP contribution < -0.4 is 0 Å². The first-order valence-corrected chi connectivity index (χ1v) is 10.1. The van der Waals surface area contributed by atoms with E-state index in [4.69, 9.17) is 11.6 Å². The molecular formula is C19H12BrClN4O2S. The van der Waals surface area contributed by atoms with Crippen molar-refractivity contribution in [3.05, 3.63) is 69.3 Å². The molecule has 1 N–H and O–H groups in total. The fourth-order valence-corrected chi connectivity index (χ4v) is 4.21. The molecule has 0 amide bonds. The molecule has 6 nitrogen and oxygen atoms in total. The Morgan fingerprint density at radius 2 is 2.00 bits per heavy atom. The van der Waals surface area contributed by atoms with Crippen LogP contribution in [0.3, 0.4) is 0 Å². The number of aryl methyl sites for hydroxylation is 1. The van der Waals surface area contributed by atoms with E-state index >= 15 is 0 Å². The minimum atomic E-state index is -1.16. The van der Waals surface area contributed by atoms with Gasteiger partial charge in [0, 0.05) is 5.56 Å². The molecule has 0 atom stereocenters. The lowest BCUT2D eigenvalue weighted by atomic mass is 10.1. The van der Waals surface area contributed by atoms with Crippen molar-refractivity contribution >= 4 is 45.0 Å². The summed E-state index contributed by atoms with van der Waals surface area (Å²) >= 11 is 10.9. The van der Waals surface area contributed by atoms with Gasteiger partial charge in [0.25, 0.3) is 0 Å². The van der Waals surface area contributed by atoms with Gasteiger partial charge in [0.05, 0.1) is 15.2 Å². The molecule has 0 aliphatic carbocycles. The van der Waals surface area contributed by atoms with Crippen molar-refractivity contribution in [2.24, 2.45) is 0 Å². The molecule has 0 saturated carbocycles. The third-order valence-electron chi connectivity index (χ3n) is 4.01. The summed E-state index contributed by atoms with van der Waals surface area (Å²) < 4.78 is 6.20. The third kappa shape index (κ3) is 3.34. The number of para-hydroxylation sites is 1. The smallest absolute Gasteiger partial charge is 0.357 e. The number of hydrogen-bond donors (Lipinski definition) is 1. The van der Waals surface area contributed by atoms with Crippen molar-refractivity contribution in [3.63, 3.8) is 0 Å². The molecule has 0 aliphatic rings. The predicted octanol–water partition coefficient (Wildman–Crippen LogP) is 5.48. The summed E-state index contributed by atoms with van der Waals surface area (Å²) in [5.41, 5.74) is 2.90. The van der Waals surface area contributed by atoms with Crippen LogP contribution in [0.5, 0.6) is 0 Å². The summed E-state index contributed by atoms with van der Waals surface area (Å²) in [5, 5.41) is 14.9. The third-order valence-corrected chi connectivity index (χ3v) is 5.85. The molecule has 140 valence electrons. The number of aromatic nitrogens is 4. The Bertz CT molecular complexity index is 1200. The Morgan fingerprint density at radius 3 is 2.71 bits per heavy atom. The van der Waals surface area contributed by atoms with Crippen LogP contribution in [0.1, 0.15) is 16.1 Å². The van der Waals surface area contributed by atoms with E-state index < -0.39 is 5.97 Å². The summed E-state index contributed by atoms with van der Waals surface area (Å²) in [4.78, 5) is 16.2. The summed E-state index contributed by atoms with van der Waals surface area (Å²) in [5.74, 6) is -0.790.